The fraction of sp³-hybridized carbons (Fsp3) is 0.235. The van der Waals surface area contributed by atoms with Crippen LogP contribution < -0.4 is 10.1 Å². The number of hydrogen-bond acceptors (Lipinski definition) is 4. The molecule has 5 nitrogen and oxygen atoms in total. The van der Waals surface area contributed by atoms with E-state index in [2.05, 4.69) is 5.32 Å². The van der Waals surface area contributed by atoms with Gasteiger partial charge in [-0.15, -0.1) is 0 Å². The van der Waals surface area contributed by atoms with Crippen molar-refractivity contribution in [3.63, 3.8) is 0 Å². The molecule has 0 aliphatic carbocycles. The summed E-state index contributed by atoms with van der Waals surface area (Å²) in [4.78, 5) is 12.3. The van der Waals surface area contributed by atoms with Crippen LogP contribution in [0.5, 0.6) is 5.75 Å². The number of fused-ring (bicyclic) bond motifs is 2. The normalized spacial score (nSPS) is 25.4. The number of halogens is 1. The molecular weight excluding hydrogens is 318 g/mol. The van der Waals surface area contributed by atoms with Gasteiger partial charge in [0.2, 0.25) is 0 Å². The Morgan fingerprint density at radius 3 is 2.83 bits per heavy atom. The SMILES string of the molecule is O=C1Nc2ccccc2[C@@]12OC[C@@H](COc1ccc(Cl)cc1)O2. The number of amides is 1. The average Bonchev–Trinajstić information content (AvgIpc) is 3.11. The van der Waals surface area contributed by atoms with E-state index in [-0.39, 0.29) is 18.6 Å². The molecule has 1 N–H and O–H groups in total. The Hall–Kier alpha value is -2.08. The topological polar surface area (TPSA) is 56.8 Å². The summed E-state index contributed by atoms with van der Waals surface area (Å²) in [6, 6.07) is 14.4. The van der Waals surface area contributed by atoms with Crippen LogP contribution in [0.2, 0.25) is 5.02 Å². The van der Waals surface area contributed by atoms with E-state index >= 15 is 0 Å². The van der Waals surface area contributed by atoms with Gasteiger partial charge >= 0.3 is 0 Å². The van der Waals surface area contributed by atoms with Crippen LogP contribution in [0.25, 0.3) is 0 Å². The van der Waals surface area contributed by atoms with E-state index in [9.17, 15) is 4.79 Å². The van der Waals surface area contributed by atoms with Gasteiger partial charge in [-0.3, -0.25) is 4.79 Å². The van der Waals surface area contributed by atoms with Crippen molar-refractivity contribution in [2.24, 2.45) is 0 Å². The first kappa shape index (κ1) is 14.5. The van der Waals surface area contributed by atoms with Crippen molar-refractivity contribution in [2.75, 3.05) is 18.5 Å². The van der Waals surface area contributed by atoms with Crippen LogP contribution in [-0.2, 0) is 20.1 Å². The second-order valence-corrected chi connectivity index (χ2v) is 5.87. The van der Waals surface area contributed by atoms with Gasteiger partial charge in [0.25, 0.3) is 11.7 Å². The third-order valence-electron chi connectivity index (χ3n) is 3.88. The zero-order chi connectivity index (χ0) is 15.9. The minimum absolute atomic E-state index is 0.287. The van der Waals surface area contributed by atoms with E-state index in [1.54, 1.807) is 24.3 Å². The van der Waals surface area contributed by atoms with Crippen molar-refractivity contribution in [1.82, 2.24) is 0 Å². The molecule has 23 heavy (non-hydrogen) atoms. The van der Waals surface area contributed by atoms with E-state index in [1.165, 1.54) is 0 Å². The molecule has 2 aromatic carbocycles. The number of rotatable bonds is 3. The van der Waals surface area contributed by atoms with Crippen LogP contribution in [0, 0.1) is 0 Å². The molecule has 2 aromatic rings. The summed E-state index contributed by atoms with van der Waals surface area (Å²) >= 11 is 5.84. The number of benzene rings is 2. The summed E-state index contributed by atoms with van der Waals surface area (Å²) in [6.07, 6.45) is -0.331. The van der Waals surface area contributed by atoms with Crippen molar-refractivity contribution in [1.29, 1.82) is 0 Å². The lowest BCUT2D eigenvalue weighted by Crippen LogP contribution is -2.36. The Morgan fingerprint density at radius 2 is 2.00 bits per heavy atom. The predicted molar refractivity (Wildman–Crippen MR) is 84.5 cm³/mol. The first-order valence-corrected chi connectivity index (χ1v) is 7.66. The number of carbonyl (C=O) groups excluding carboxylic acids is 1. The molecule has 2 aliphatic rings. The maximum Gasteiger partial charge on any atom is 0.289 e. The van der Waals surface area contributed by atoms with Crippen molar-refractivity contribution in [3.8, 4) is 5.75 Å². The van der Waals surface area contributed by atoms with Gasteiger partial charge in [0.15, 0.2) is 0 Å². The highest BCUT2D eigenvalue weighted by Gasteiger charge is 2.55. The van der Waals surface area contributed by atoms with E-state index < -0.39 is 5.79 Å². The van der Waals surface area contributed by atoms with Crippen LogP contribution in [-0.4, -0.2) is 25.2 Å². The molecule has 2 aliphatic heterocycles. The summed E-state index contributed by atoms with van der Waals surface area (Å²) in [5.41, 5.74) is 1.43. The van der Waals surface area contributed by atoms with Gasteiger partial charge in [0.05, 0.1) is 12.3 Å². The third-order valence-corrected chi connectivity index (χ3v) is 4.14. The molecule has 2 atom stereocenters. The predicted octanol–water partition coefficient (Wildman–Crippen LogP) is 2.94. The molecule has 0 unspecified atom stereocenters. The number of para-hydroxylation sites is 1. The Labute approximate surface area is 138 Å². The lowest BCUT2D eigenvalue weighted by molar-refractivity contribution is -0.185. The highest BCUT2D eigenvalue weighted by molar-refractivity contribution is 6.30. The van der Waals surface area contributed by atoms with Gasteiger partial charge in [0, 0.05) is 10.6 Å². The van der Waals surface area contributed by atoms with Crippen LogP contribution in [0.4, 0.5) is 5.69 Å². The molecule has 6 heteroatoms. The van der Waals surface area contributed by atoms with Gasteiger partial charge in [-0.2, -0.15) is 0 Å². The first-order chi connectivity index (χ1) is 11.2. The lowest BCUT2D eigenvalue weighted by atomic mass is 10.1. The van der Waals surface area contributed by atoms with Crippen LogP contribution in [0.15, 0.2) is 48.5 Å². The molecule has 2 heterocycles. The fourth-order valence-electron chi connectivity index (χ4n) is 2.78. The highest BCUT2D eigenvalue weighted by Crippen LogP contribution is 2.43. The van der Waals surface area contributed by atoms with Gasteiger partial charge < -0.3 is 19.5 Å². The molecule has 1 spiro atoms. The Balaban J connectivity index is 1.47. The lowest BCUT2D eigenvalue weighted by Gasteiger charge is -2.20. The average molecular weight is 332 g/mol. The molecule has 4 rings (SSSR count). The quantitative estimate of drug-likeness (QED) is 0.939. The van der Waals surface area contributed by atoms with E-state index in [1.807, 2.05) is 24.3 Å². The first-order valence-electron chi connectivity index (χ1n) is 7.28. The Bertz CT molecular complexity index is 749. The molecule has 0 bridgehead atoms. The minimum Gasteiger partial charge on any atom is -0.491 e. The van der Waals surface area contributed by atoms with Crippen LogP contribution in [0.3, 0.4) is 0 Å². The second-order valence-electron chi connectivity index (χ2n) is 5.43. The molecule has 1 fully saturated rings. The summed E-state index contributed by atoms with van der Waals surface area (Å²) in [5.74, 6) is -0.965. The largest absolute Gasteiger partial charge is 0.491 e. The number of nitrogens with one attached hydrogen (secondary N) is 1. The summed E-state index contributed by atoms with van der Waals surface area (Å²) in [7, 11) is 0. The maximum atomic E-state index is 12.3. The molecular formula is C17H14ClNO4. The fourth-order valence-corrected chi connectivity index (χ4v) is 2.91. The van der Waals surface area contributed by atoms with Crippen molar-refractivity contribution in [3.05, 3.63) is 59.1 Å². The van der Waals surface area contributed by atoms with Crippen LogP contribution in [0.1, 0.15) is 5.56 Å². The number of anilines is 1. The number of hydrogen-bond donors (Lipinski definition) is 1. The molecule has 0 saturated carbocycles. The van der Waals surface area contributed by atoms with E-state index in [0.29, 0.717) is 22.9 Å². The molecule has 1 amide bonds. The number of carbonyl (C=O) groups is 1. The Kier molecular flexibility index (Phi) is 3.49. The van der Waals surface area contributed by atoms with Crippen LogP contribution >= 0.6 is 11.6 Å². The van der Waals surface area contributed by atoms with Gasteiger partial charge in [-0.25, -0.2) is 0 Å². The third kappa shape index (κ3) is 2.47. The summed E-state index contributed by atoms with van der Waals surface area (Å²) in [5, 5.41) is 3.44. The second kappa shape index (κ2) is 5.53. The molecule has 1 saturated heterocycles. The van der Waals surface area contributed by atoms with Gasteiger partial charge in [-0.1, -0.05) is 29.8 Å². The van der Waals surface area contributed by atoms with Crippen molar-refractivity contribution in [2.45, 2.75) is 11.9 Å². The van der Waals surface area contributed by atoms with E-state index in [4.69, 9.17) is 25.8 Å². The highest BCUT2D eigenvalue weighted by atomic mass is 35.5. The zero-order valence-electron chi connectivity index (χ0n) is 12.1. The zero-order valence-corrected chi connectivity index (χ0v) is 12.9. The van der Waals surface area contributed by atoms with Gasteiger partial charge in [0.1, 0.15) is 18.5 Å². The van der Waals surface area contributed by atoms with Gasteiger partial charge in [-0.05, 0) is 30.3 Å². The maximum absolute atomic E-state index is 12.3. The molecule has 0 aromatic heterocycles. The number of ether oxygens (including phenoxy) is 3. The van der Waals surface area contributed by atoms with E-state index in [0.717, 1.165) is 5.69 Å². The summed E-state index contributed by atoms with van der Waals surface area (Å²) < 4.78 is 17.3. The van der Waals surface area contributed by atoms with Crippen molar-refractivity contribution >= 4 is 23.2 Å². The summed E-state index contributed by atoms with van der Waals surface area (Å²) in [6.45, 7) is 0.578. The smallest absolute Gasteiger partial charge is 0.289 e. The molecule has 0 radical (unpaired) electrons. The monoisotopic (exact) mass is 331 g/mol. The Morgan fingerprint density at radius 1 is 1.22 bits per heavy atom. The molecule has 118 valence electrons. The minimum atomic E-state index is -1.36. The van der Waals surface area contributed by atoms with Crippen molar-refractivity contribution < 1.29 is 19.0 Å². The standard InChI is InChI=1S/C17H14ClNO4/c18-11-5-7-12(8-6-11)21-9-13-10-22-17(23-13)14-3-1-2-4-15(14)19-16(17)20/h1-8,13H,9-10H2,(H,19,20)/t13-,17+/m1/s1.